The van der Waals surface area contributed by atoms with Crippen LogP contribution in [0, 0.1) is 13.8 Å². The van der Waals surface area contributed by atoms with Crippen LogP contribution in [-0.4, -0.2) is 36.6 Å². The number of aryl methyl sites for hydroxylation is 2. The number of rotatable bonds is 8. The van der Waals surface area contributed by atoms with Gasteiger partial charge in [0.15, 0.2) is 0 Å². The van der Waals surface area contributed by atoms with Gasteiger partial charge in [0.25, 0.3) is 0 Å². The zero-order chi connectivity index (χ0) is 20.0. The van der Waals surface area contributed by atoms with Gasteiger partial charge in [0.1, 0.15) is 24.7 Å². The van der Waals surface area contributed by atoms with Crippen LogP contribution in [0.3, 0.4) is 0 Å². The summed E-state index contributed by atoms with van der Waals surface area (Å²) < 4.78 is 12.1. The predicted octanol–water partition coefficient (Wildman–Crippen LogP) is 4.30. The number of benzene rings is 2. The smallest absolute Gasteiger partial charge is 0.126 e. The molecule has 1 fully saturated rings. The molecule has 0 amide bonds. The zero-order valence-corrected chi connectivity index (χ0v) is 17.0. The van der Waals surface area contributed by atoms with E-state index in [0.29, 0.717) is 0 Å². The maximum absolute atomic E-state index is 9.31. The summed E-state index contributed by atoms with van der Waals surface area (Å²) in [7, 11) is 0. The van der Waals surface area contributed by atoms with Crippen LogP contribution in [0.4, 0.5) is 0 Å². The normalized spacial score (nSPS) is 16.0. The molecular formula is C24H32O4. The van der Waals surface area contributed by atoms with Crippen molar-refractivity contribution in [3.8, 4) is 11.5 Å². The van der Waals surface area contributed by atoms with Gasteiger partial charge in [-0.1, -0.05) is 55.7 Å². The minimum Gasteiger partial charge on any atom is -0.491 e. The lowest BCUT2D eigenvalue weighted by molar-refractivity contribution is 0.191. The van der Waals surface area contributed by atoms with Crippen LogP contribution in [-0.2, 0) is 5.41 Å². The largest absolute Gasteiger partial charge is 0.491 e. The monoisotopic (exact) mass is 384 g/mol. The van der Waals surface area contributed by atoms with E-state index >= 15 is 0 Å². The zero-order valence-electron chi connectivity index (χ0n) is 17.0. The Morgan fingerprint density at radius 3 is 1.64 bits per heavy atom. The van der Waals surface area contributed by atoms with Gasteiger partial charge in [-0.05, 0) is 37.8 Å². The summed E-state index contributed by atoms with van der Waals surface area (Å²) in [4.78, 5) is 0. The maximum Gasteiger partial charge on any atom is 0.126 e. The number of aliphatic hydroxyl groups excluding tert-OH is 2. The number of hydrogen-bond acceptors (Lipinski definition) is 4. The molecule has 3 rings (SSSR count). The van der Waals surface area contributed by atoms with E-state index < -0.39 is 0 Å². The SMILES string of the molecule is Cc1cccc(C2(c3cccc(C)c3OCCO)CCCCC2)c1OCCO. The Kier molecular flexibility index (Phi) is 6.97. The van der Waals surface area contributed by atoms with E-state index in [0.717, 1.165) is 48.3 Å². The minimum atomic E-state index is -0.189. The molecule has 0 bridgehead atoms. The van der Waals surface area contributed by atoms with Gasteiger partial charge in [-0.25, -0.2) is 0 Å². The van der Waals surface area contributed by atoms with Gasteiger partial charge in [0.05, 0.1) is 13.2 Å². The van der Waals surface area contributed by atoms with Crippen LogP contribution in [0.2, 0.25) is 0 Å². The molecular weight excluding hydrogens is 352 g/mol. The van der Waals surface area contributed by atoms with E-state index in [9.17, 15) is 10.2 Å². The first-order valence-corrected chi connectivity index (χ1v) is 10.3. The average Bonchev–Trinajstić information content (AvgIpc) is 2.72. The van der Waals surface area contributed by atoms with Crippen molar-refractivity contribution in [3.63, 3.8) is 0 Å². The summed E-state index contributed by atoms with van der Waals surface area (Å²) in [6.07, 6.45) is 5.61. The highest BCUT2D eigenvalue weighted by molar-refractivity contribution is 5.56. The van der Waals surface area contributed by atoms with E-state index in [1.807, 2.05) is 0 Å². The molecule has 0 aromatic heterocycles. The van der Waals surface area contributed by atoms with E-state index in [4.69, 9.17) is 9.47 Å². The molecule has 0 saturated heterocycles. The van der Waals surface area contributed by atoms with Gasteiger partial charge in [0.2, 0.25) is 0 Å². The third kappa shape index (κ3) is 4.03. The number of aliphatic hydroxyl groups is 2. The third-order valence-corrected chi connectivity index (χ3v) is 5.84. The van der Waals surface area contributed by atoms with Crippen molar-refractivity contribution in [2.24, 2.45) is 0 Å². The molecule has 28 heavy (non-hydrogen) atoms. The fourth-order valence-electron chi connectivity index (χ4n) is 4.58. The topological polar surface area (TPSA) is 58.9 Å². The molecule has 2 aromatic rings. The lowest BCUT2D eigenvalue weighted by atomic mass is 9.64. The molecule has 0 spiro atoms. The second-order valence-electron chi connectivity index (χ2n) is 7.69. The Morgan fingerprint density at radius 1 is 0.750 bits per heavy atom. The Labute approximate surface area is 168 Å². The summed E-state index contributed by atoms with van der Waals surface area (Å²) in [5.74, 6) is 1.76. The lowest BCUT2D eigenvalue weighted by Crippen LogP contribution is -2.32. The summed E-state index contributed by atoms with van der Waals surface area (Å²) in [5.41, 5.74) is 4.34. The van der Waals surface area contributed by atoms with Crippen molar-refractivity contribution in [2.75, 3.05) is 26.4 Å². The summed E-state index contributed by atoms with van der Waals surface area (Å²) in [5, 5.41) is 18.6. The first-order valence-electron chi connectivity index (χ1n) is 10.3. The Balaban J connectivity index is 2.19. The quantitative estimate of drug-likeness (QED) is 0.713. The number of hydrogen-bond donors (Lipinski definition) is 2. The molecule has 0 atom stereocenters. The van der Waals surface area contributed by atoms with Gasteiger partial charge in [0, 0.05) is 16.5 Å². The second kappa shape index (κ2) is 9.44. The van der Waals surface area contributed by atoms with Crippen LogP contribution < -0.4 is 9.47 Å². The first kappa shape index (κ1) is 20.7. The van der Waals surface area contributed by atoms with Crippen LogP contribution in [0.15, 0.2) is 36.4 Å². The summed E-state index contributed by atoms with van der Waals surface area (Å²) in [6.45, 7) is 4.69. The lowest BCUT2D eigenvalue weighted by Gasteiger charge is -2.41. The van der Waals surface area contributed by atoms with E-state index in [2.05, 4.69) is 50.2 Å². The maximum atomic E-state index is 9.31. The first-order chi connectivity index (χ1) is 13.6. The van der Waals surface area contributed by atoms with Crippen LogP contribution >= 0.6 is 0 Å². The molecule has 0 radical (unpaired) electrons. The van der Waals surface area contributed by atoms with Crippen LogP contribution in [0.1, 0.15) is 54.4 Å². The fourth-order valence-corrected chi connectivity index (χ4v) is 4.58. The molecule has 1 saturated carbocycles. The molecule has 2 aromatic carbocycles. The molecule has 0 heterocycles. The van der Waals surface area contributed by atoms with Gasteiger partial charge >= 0.3 is 0 Å². The van der Waals surface area contributed by atoms with Crippen molar-refractivity contribution >= 4 is 0 Å². The van der Waals surface area contributed by atoms with Gasteiger partial charge in [-0.2, -0.15) is 0 Å². The number of para-hydroxylation sites is 2. The van der Waals surface area contributed by atoms with E-state index in [1.165, 1.54) is 17.5 Å². The van der Waals surface area contributed by atoms with Crippen molar-refractivity contribution in [1.29, 1.82) is 0 Å². The van der Waals surface area contributed by atoms with Crippen molar-refractivity contribution in [2.45, 2.75) is 51.4 Å². The standard InChI is InChI=1S/C24H32O4/c1-18-8-6-10-20(22(18)27-16-14-25)24(12-4-3-5-13-24)21-11-7-9-19(2)23(21)28-17-15-26/h6-11,25-26H,3-5,12-17H2,1-2H3. The average molecular weight is 385 g/mol. The van der Waals surface area contributed by atoms with Crippen molar-refractivity contribution in [3.05, 3.63) is 58.7 Å². The minimum absolute atomic E-state index is 0.00389. The van der Waals surface area contributed by atoms with Crippen LogP contribution in [0.5, 0.6) is 11.5 Å². The molecule has 1 aliphatic carbocycles. The highest BCUT2D eigenvalue weighted by atomic mass is 16.5. The van der Waals surface area contributed by atoms with E-state index in [-0.39, 0.29) is 31.8 Å². The molecule has 1 aliphatic rings. The molecule has 152 valence electrons. The second-order valence-corrected chi connectivity index (χ2v) is 7.69. The Morgan fingerprint density at radius 2 is 1.21 bits per heavy atom. The highest BCUT2D eigenvalue weighted by Gasteiger charge is 2.40. The summed E-state index contributed by atoms with van der Waals surface area (Å²) >= 11 is 0. The van der Waals surface area contributed by atoms with Gasteiger partial charge in [-0.15, -0.1) is 0 Å². The Bertz CT molecular complexity index is 719. The Hall–Kier alpha value is -2.04. The fraction of sp³-hybridized carbons (Fsp3) is 0.500. The molecule has 4 nitrogen and oxygen atoms in total. The van der Waals surface area contributed by atoms with E-state index in [1.54, 1.807) is 0 Å². The van der Waals surface area contributed by atoms with Crippen molar-refractivity contribution in [1.82, 2.24) is 0 Å². The molecule has 0 aliphatic heterocycles. The van der Waals surface area contributed by atoms with Gasteiger partial charge < -0.3 is 19.7 Å². The van der Waals surface area contributed by atoms with Crippen LogP contribution in [0.25, 0.3) is 0 Å². The predicted molar refractivity (Wildman–Crippen MR) is 111 cm³/mol. The highest BCUT2D eigenvalue weighted by Crippen LogP contribution is 2.51. The third-order valence-electron chi connectivity index (χ3n) is 5.84. The summed E-state index contributed by atoms with van der Waals surface area (Å²) in [6, 6.07) is 12.7. The molecule has 0 unspecified atom stereocenters. The molecule has 2 N–H and O–H groups in total. The van der Waals surface area contributed by atoms with Gasteiger partial charge in [-0.3, -0.25) is 0 Å². The van der Waals surface area contributed by atoms with Crippen molar-refractivity contribution < 1.29 is 19.7 Å². The number of ether oxygens (including phenoxy) is 2. The molecule has 4 heteroatoms.